The van der Waals surface area contributed by atoms with Crippen molar-refractivity contribution in [3.63, 3.8) is 0 Å². The summed E-state index contributed by atoms with van der Waals surface area (Å²) < 4.78 is 5.96. The zero-order chi connectivity index (χ0) is 22.4. The molecule has 4 heteroatoms. The molecule has 0 atom stereocenters. The number of carbonyl (C=O) groups is 1. The summed E-state index contributed by atoms with van der Waals surface area (Å²) in [6.45, 7) is 7.73. The van der Waals surface area contributed by atoms with Gasteiger partial charge in [0.15, 0.2) is 0 Å². The number of H-pyrrole nitrogens is 1. The number of aryl methyl sites for hydroxylation is 1. The summed E-state index contributed by atoms with van der Waals surface area (Å²) in [5.74, 6) is 0.139. The van der Waals surface area contributed by atoms with Crippen LogP contribution in [0.25, 0.3) is 22.2 Å². The third-order valence-electron chi connectivity index (χ3n) is 4.98. The predicted molar refractivity (Wildman–Crippen MR) is 126 cm³/mol. The van der Waals surface area contributed by atoms with Crippen LogP contribution in [-0.4, -0.2) is 16.1 Å². The maximum atomic E-state index is 10.0. The van der Waals surface area contributed by atoms with Gasteiger partial charge in [-0.3, -0.25) is 4.79 Å². The van der Waals surface area contributed by atoms with Crippen LogP contribution in [-0.2, 0) is 11.4 Å². The molecule has 0 saturated heterocycles. The molecule has 0 aliphatic heterocycles. The number of hydrogen-bond acceptors (Lipinski definition) is 2. The van der Waals surface area contributed by atoms with Crippen LogP contribution >= 0.6 is 0 Å². The molecule has 0 bridgehead atoms. The monoisotopic (exact) mass is 415 g/mol. The molecule has 3 aromatic carbocycles. The molecule has 0 amide bonds. The fraction of sp³-hybridized carbons (Fsp3) is 0.222. The second-order valence-corrected chi connectivity index (χ2v) is 8.53. The predicted octanol–water partition coefficient (Wildman–Crippen LogP) is 6.84. The molecule has 0 unspecified atom stereocenters. The molecule has 1 heterocycles. The molecular formula is C27H29NO3. The third-order valence-corrected chi connectivity index (χ3v) is 4.98. The van der Waals surface area contributed by atoms with E-state index in [2.05, 4.69) is 60.4 Å². The van der Waals surface area contributed by atoms with E-state index in [0.717, 1.165) is 11.3 Å². The van der Waals surface area contributed by atoms with Crippen LogP contribution in [0.2, 0.25) is 0 Å². The molecule has 31 heavy (non-hydrogen) atoms. The SMILES string of the molecule is CC(C)(C)C(=O)O.Cc1c(-c2ccccc2)[nH]c2ccc(OCc3ccccc3)cc12. The van der Waals surface area contributed by atoms with Gasteiger partial charge in [-0.25, -0.2) is 0 Å². The first-order chi connectivity index (χ1) is 14.8. The lowest BCUT2D eigenvalue weighted by Gasteiger charge is -2.08. The number of rotatable bonds is 4. The van der Waals surface area contributed by atoms with E-state index in [0.29, 0.717) is 6.61 Å². The van der Waals surface area contributed by atoms with Crippen LogP contribution in [0.4, 0.5) is 0 Å². The Morgan fingerprint density at radius 2 is 1.52 bits per heavy atom. The number of nitrogens with one attached hydrogen (secondary N) is 1. The second kappa shape index (κ2) is 9.52. The van der Waals surface area contributed by atoms with Gasteiger partial charge in [0.1, 0.15) is 12.4 Å². The lowest BCUT2D eigenvalue weighted by molar-refractivity contribution is -0.145. The summed E-state index contributed by atoms with van der Waals surface area (Å²) in [5, 5.41) is 9.46. The van der Waals surface area contributed by atoms with Gasteiger partial charge in [0.2, 0.25) is 0 Å². The molecule has 0 aliphatic carbocycles. The molecule has 0 radical (unpaired) electrons. The molecule has 0 saturated carbocycles. The van der Waals surface area contributed by atoms with Gasteiger partial charge in [0.25, 0.3) is 0 Å². The van der Waals surface area contributed by atoms with Crippen molar-refractivity contribution in [2.24, 2.45) is 5.41 Å². The van der Waals surface area contributed by atoms with Crippen LogP contribution in [0.1, 0.15) is 31.9 Å². The highest BCUT2D eigenvalue weighted by atomic mass is 16.5. The van der Waals surface area contributed by atoms with E-state index in [1.165, 1.54) is 27.8 Å². The highest BCUT2D eigenvalue weighted by Gasteiger charge is 2.18. The number of aliphatic carboxylic acids is 1. The largest absolute Gasteiger partial charge is 0.489 e. The van der Waals surface area contributed by atoms with E-state index >= 15 is 0 Å². The van der Waals surface area contributed by atoms with Crippen molar-refractivity contribution in [2.45, 2.75) is 34.3 Å². The van der Waals surface area contributed by atoms with Gasteiger partial charge in [0, 0.05) is 16.6 Å². The molecule has 1 aromatic heterocycles. The van der Waals surface area contributed by atoms with Crippen molar-refractivity contribution in [3.05, 3.63) is 90.0 Å². The quantitative estimate of drug-likeness (QED) is 0.383. The fourth-order valence-electron chi connectivity index (χ4n) is 3.03. The summed E-state index contributed by atoms with van der Waals surface area (Å²) in [4.78, 5) is 13.5. The molecular weight excluding hydrogens is 386 g/mol. The summed E-state index contributed by atoms with van der Waals surface area (Å²) in [5.41, 5.74) is 5.36. The summed E-state index contributed by atoms with van der Waals surface area (Å²) >= 11 is 0. The summed E-state index contributed by atoms with van der Waals surface area (Å²) in [6.07, 6.45) is 0. The maximum absolute atomic E-state index is 10.0. The van der Waals surface area contributed by atoms with E-state index in [1.807, 2.05) is 30.3 Å². The van der Waals surface area contributed by atoms with E-state index in [1.54, 1.807) is 20.8 Å². The number of aromatic nitrogens is 1. The number of aromatic amines is 1. The number of fused-ring (bicyclic) bond motifs is 1. The lowest BCUT2D eigenvalue weighted by Crippen LogP contribution is -2.18. The summed E-state index contributed by atoms with van der Waals surface area (Å²) in [6, 6.07) is 26.9. The minimum atomic E-state index is -0.757. The van der Waals surface area contributed by atoms with Crippen molar-refractivity contribution in [2.75, 3.05) is 0 Å². The van der Waals surface area contributed by atoms with Gasteiger partial charge >= 0.3 is 5.97 Å². The Morgan fingerprint density at radius 3 is 2.10 bits per heavy atom. The van der Waals surface area contributed by atoms with Crippen molar-refractivity contribution >= 4 is 16.9 Å². The molecule has 0 spiro atoms. The van der Waals surface area contributed by atoms with Crippen LogP contribution in [0.5, 0.6) is 5.75 Å². The van der Waals surface area contributed by atoms with Crippen molar-refractivity contribution in [3.8, 4) is 17.0 Å². The normalized spacial score (nSPS) is 11.0. The molecule has 2 N–H and O–H groups in total. The Hall–Kier alpha value is -3.53. The average Bonchev–Trinajstić information content (AvgIpc) is 3.09. The highest BCUT2D eigenvalue weighted by molar-refractivity contribution is 5.91. The smallest absolute Gasteiger partial charge is 0.308 e. The first-order valence-corrected chi connectivity index (χ1v) is 10.3. The molecule has 160 valence electrons. The Morgan fingerprint density at radius 1 is 0.935 bits per heavy atom. The average molecular weight is 416 g/mol. The van der Waals surface area contributed by atoms with Crippen LogP contribution in [0, 0.1) is 12.3 Å². The Kier molecular flexibility index (Phi) is 6.81. The van der Waals surface area contributed by atoms with Gasteiger partial charge in [-0.15, -0.1) is 0 Å². The first kappa shape index (κ1) is 22.2. The Labute approximate surface area is 183 Å². The highest BCUT2D eigenvalue weighted by Crippen LogP contribution is 2.31. The van der Waals surface area contributed by atoms with Gasteiger partial charge < -0.3 is 14.8 Å². The van der Waals surface area contributed by atoms with Gasteiger partial charge in [0.05, 0.1) is 5.41 Å². The van der Waals surface area contributed by atoms with Crippen molar-refractivity contribution < 1.29 is 14.6 Å². The zero-order valence-corrected chi connectivity index (χ0v) is 18.5. The van der Waals surface area contributed by atoms with E-state index in [9.17, 15) is 4.79 Å². The molecule has 4 aromatic rings. The topological polar surface area (TPSA) is 62.3 Å². The number of ether oxygens (including phenoxy) is 1. The minimum Gasteiger partial charge on any atom is -0.489 e. The van der Waals surface area contributed by atoms with Crippen molar-refractivity contribution in [1.82, 2.24) is 4.98 Å². The van der Waals surface area contributed by atoms with Gasteiger partial charge in [-0.2, -0.15) is 0 Å². The van der Waals surface area contributed by atoms with Crippen LogP contribution < -0.4 is 4.74 Å². The molecule has 4 rings (SSSR count). The minimum absolute atomic E-state index is 0.583. The van der Waals surface area contributed by atoms with Crippen LogP contribution in [0.15, 0.2) is 78.9 Å². The zero-order valence-electron chi connectivity index (χ0n) is 18.5. The summed E-state index contributed by atoms with van der Waals surface area (Å²) in [7, 11) is 0. The lowest BCUT2D eigenvalue weighted by atomic mass is 9.98. The third kappa shape index (κ3) is 5.76. The van der Waals surface area contributed by atoms with Gasteiger partial charge in [-0.1, -0.05) is 60.7 Å². The van der Waals surface area contributed by atoms with E-state index in [4.69, 9.17) is 9.84 Å². The standard InChI is InChI=1S/C22H19NO.C5H10O2/c1-16-20-14-19(24-15-17-8-4-2-5-9-17)12-13-21(20)23-22(16)18-10-6-3-7-11-18;1-5(2,3)4(6)7/h2-14,23H,15H2,1H3;1-3H3,(H,6,7). The first-order valence-electron chi connectivity index (χ1n) is 10.3. The van der Waals surface area contributed by atoms with E-state index < -0.39 is 11.4 Å². The van der Waals surface area contributed by atoms with Gasteiger partial charge in [-0.05, 0) is 62.6 Å². The second-order valence-electron chi connectivity index (χ2n) is 8.53. The number of carboxylic acid groups (broad SMARTS) is 1. The fourth-order valence-corrected chi connectivity index (χ4v) is 3.03. The van der Waals surface area contributed by atoms with E-state index in [-0.39, 0.29) is 0 Å². The molecule has 4 nitrogen and oxygen atoms in total. The molecule has 0 aliphatic rings. The number of benzene rings is 3. The van der Waals surface area contributed by atoms with Crippen LogP contribution in [0.3, 0.4) is 0 Å². The number of carboxylic acids is 1. The molecule has 0 fully saturated rings. The maximum Gasteiger partial charge on any atom is 0.308 e. The number of hydrogen-bond donors (Lipinski definition) is 2. The van der Waals surface area contributed by atoms with Crippen molar-refractivity contribution in [1.29, 1.82) is 0 Å². The Balaban J connectivity index is 0.000000339. The Bertz CT molecular complexity index is 1140.